The van der Waals surface area contributed by atoms with E-state index in [1.165, 1.54) is 11.5 Å². The van der Waals surface area contributed by atoms with Crippen LogP contribution in [0.5, 0.6) is 11.5 Å². The molecule has 0 bridgehead atoms. The fourth-order valence-corrected chi connectivity index (χ4v) is 6.97. The van der Waals surface area contributed by atoms with E-state index in [9.17, 15) is 0 Å². The number of hydrogen-bond donors (Lipinski definition) is 0. The Bertz CT molecular complexity index is 458. The highest BCUT2D eigenvalue weighted by Gasteiger charge is 2.39. The summed E-state index contributed by atoms with van der Waals surface area (Å²) in [6.45, 7) is 9.60. The van der Waals surface area contributed by atoms with Crippen molar-refractivity contribution in [1.29, 1.82) is 0 Å². The molecule has 0 aliphatic carbocycles. The number of ether oxygens (including phenoxy) is 3. The summed E-state index contributed by atoms with van der Waals surface area (Å²) in [5.74, 6) is 4.17. The topological polar surface area (TPSA) is 27.7 Å². The Labute approximate surface area is 136 Å². The van der Waals surface area contributed by atoms with Crippen LogP contribution in [0.3, 0.4) is 0 Å². The summed E-state index contributed by atoms with van der Waals surface area (Å²) in [7, 11) is 0.985. The SMILES string of the molecule is COc1ccc(OCC(C(C)(C)C)S2(C)CCOCC2)cc1. The summed E-state index contributed by atoms with van der Waals surface area (Å²) in [6.07, 6.45) is 2.48. The molecular formula is C18H30O3S. The first-order chi connectivity index (χ1) is 10.3. The van der Waals surface area contributed by atoms with Crippen molar-refractivity contribution in [2.75, 3.05) is 44.7 Å². The second-order valence-electron chi connectivity index (χ2n) is 7.21. The third kappa shape index (κ3) is 4.32. The van der Waals surface area contributed by atoms with Crippen molar-refractivity contribution in [3.05, 3.63) is 24.3 Å². The Morgan fingerprint density at radius 3 is 2.14 bits per heavy atom. The third-order valence-electron chi connectivity index (χ3n) is 4.50. The van der Waals surface area contributed by atoms with Crippen LogP contribution < -0.4 is 9.47 Å². The van der Waals surface area contributed by atoms with Crippen molar-refractivity contribution in [1.82, 2.24) is 0 Å². The zero-order chi connectivity index (χ0) is 16.2. The standard InChI is InChI=1S/C18H30O3S/c1-18(2,3)17(22(5)12-10-20-11-13-22)14-21-16-8-6-15(19-4)7-9-16/h6-9,17H,10-14H2,1-5H3. The molecule has 1 aromatic rings. The first-order valence-electron chi connectivity index (χ1n) is 7.92. The van der Waals surface area contributed by atoms with E-state index in [1.807, 2.05) is 24.3 Å². The maximum absolute atomic E-state index is 6.14. The van der Waals surface area contributed by atoms with Gasteiger partial charge in [0.25, 0.3) is 0 Å². The van der Waals surface area contributed by atoms with Crippen LogP contribution in [0, 0.1) is 5.41 Å². The first-order valence-corrected chi connectivity index (χ1v) is 10.4. The molecule has 1 aliphatic heterocycles. The van der Waals surface area contributed by atoms with Crippen molar-refractivity contribution in [2.45, 2.75) is 26.0 Å². The summed E-state index contributed by atoms with van der Waals surface area (Å²) < 4.78 is 16.9. The van der Waals surface area contributed by atoms with Gasteiger partial charge in [0.2, 0.25) is 0 Å². The van der Waals surface area contributed by atoms with Crippen molar-refractivity contribution >= 4 is 10.0 Å². The Morgan fingerprint density at radius 1 is 1.09 bits per heavy atom. The summed E-state index contributed by atoms with van der Waals surface area (Å²) in [4.78, 5) is 0. The molecule has 0 aromatic heterocycles. The van der Waals surface area contributed by atoms with Gasteiger partial charge in [-0.1, -0.05) is 20.8 Å². The lowest BCUT2D eigenvalue weighted by Crippen LogP contribution is -2.42. The Balaban J connectivity index is 2.06. The van der Waals surface area contributed by atoms with Gasteiger partial charge in [-0.15, -0.1) is 0 Å². The maximum atomic E-state index is 6.14. The van der Waals surface area contributed by atoms with E-state index in [2.05, 4.69) is 27.0 Å². The predicted molar refractivity (Wildman–Crippen MR) is 95.8 cm³/mol. The number of rotatable bonds is 5. The summed E-state index contributed by atoms with van der Waals surface area (Å²) in [6, 6.07) is 7.87. The molecule has 126 valence electrons. The number of hydrogen-bond acceptors (Lipinski definition) is 3. The molecule has 1 aliphatic rings. The summed E-state index contributed by atoms with van der Waals surface area (Å²) in [5.41, 5.74) is 0.244. The highest BCUT2D eigenvalue weighted by atomic mass is 32.3. The van der Waals surface area contributed by atoms with E-state index in [0.717, 1.165) is 31.3 Å². The Hall–Kier alpha value is -0.870. The summed E-state index contributed by atoms with van der Waals surface area (Å²) in [5, 5.41) is 0.575. The quantitative estimate of drug-likeness (QED) is 0.820. The second-order valence-corrected chi connectivity index (χ2v) is 11.3. The molecule has 3 nitrogen and oxygen atoms in total. The molecule has 1 saturated heterocycles. The van der Waals surface area contributed by atoms with Crippen molar-refractivity contribution in [3.63, 3.8) is 0 Å². The van der Waals surface area contributed by atoms with Crippen LogP contribution in [0.25, 0.3) is 0 Å². The van der Waals surface area contributed by atoms with Gasteiger partial charge in [-0.05, 0) is 35.9 Å². The molecule has 0 amide bonds. The monoisotopic (exact) mass is 326 g/mol. The Morgan fingerprint density at radius 2 is 1.64 bits per heavy atom. The first kappa shape index (κ1) is 17.5. The van der Waals surface area contributed by atoms with Gasteiger partial charge in [0, 0.05) is 16.8 Å². The molecule has 1 fully saturated rings. The van der Waals surface area contributed by atoms with Gasteiger partial charge in [0.1, 0.15) is 11.5 Å². The highest BCUT2D eigenvalue weighted by Crippen LogP contribution is 2.56. The molecule has 4 heteroatoms. The molecule has 1 aromatic carbocycles. The largest absolute Gasteiger partial charge is 0.497 e. The molecule has 1 heterocycles. The van der Waals surface area contributed by atoms with Gasteiger partial charge in [0.15, 0.2) is 0 Å². The number of benzene rings is 1. The van der Waals surface area contributed by atoms with E-state index in [-0.39, 0.29) is 5.41 Å². The van der Waals surface area contributed by atoms with E-state index in [1.54, 1.807) is 7.11 Å². The van der Waals surface area contributed by atoms with Crippen LogP contribution in [-0.2, 0) is 4.74 Å². The van der Waals surface area contributed by atoms with Gasteiger partial charge in [-0.2, -0.15) is 0 Å². The molecule has 2 rings (SSSR count). The average molecular weight is 327 g/mol. The number of methoxy groups -OCH3 is 1. The van der Waals surface area contributed by atoms with Crippen molar-refractivity contribution < 1.29 is 14.2 Å². The summed E-state index contributed by atoms with van der Waals surface area (Å²) >= 11 is 0. The van der Waals surface area contributed by atoms with Crippen LogP contribution in [-0.4, -0.2) is 49.9 Å². The lowest BCUT2D eigenvalue weighted by Gasteiger charge is -2.51. The minimum atomic E-state index is -0.696. The molecular weight excluding hydrogens is 296 g/mol. The lowest BCUT2D eigenvalue weighted by atomic mass is 9.92. The Kier molecular flexibility index (Phi) is 5.67. The molecule has 0 spiro atoms. The second kappa shape index (κ2) is 7.14. The van der Waals surface area contributed by atoms with Crippen molar-refractivity contribution in [3.8, 4) is 11.5 Å². The molecule has 0 radical (unpaired) electrons. The van der Waals surface area contributed by atoms with Gasteiger partial charge >= 0.3 is 0 Å². The third-order valence-corrected chi connectivity index (χ3v) is 8.92. The van der Waals surface area contributed by atoms with Gasteiger partial charge in [-0.3, -0.25) is 0 Å². The van der Waals surface area contributed by atoms with E-state index in [4.69, 9.17) is 14.2 Å². The molecule has 0 saturated carbocycles. The van der Waals surface area contributed by atoms with Crippen LogP contribution in [0.4, 0.5) is 0 Å². The molecule has 1 unspecified atom stereocenters. The van der Waals surface area contributed by atoms with Crippen molar-refractivity contribution in [2.24, 2.45) is 5.41 Å². The molecule has 1 atom stereocenters. The minimum Gasteiger partial charge on any atom is -0.497 e. The average Bonchev–Trinajstić information content (AvgIpc) is 2.47. The van der Waals surface area contributed by atoms with E-state index < -0.39 is 10.0 Å². The van der Waals surface area contributed by atoms with E-state index in [0.29, 0.717) is 5.25 Å². The maximum Gasteiger partial charge on any atom is 0.119 e. The lowest BCUT2D eigenvalue weighted by molar-refractivity contribution is 0.156. The minimum absolute atomic E-state index is 0.244. The molecule has 22 heavy (non-hydrogen) atoms. The zero-order valence-electron chi connectivity index (χ0n) is 14.6. The normalized spacial score (nSPS) is 21.0. The van der Waals surface area contributed by atoms with E-state index >= 15 is 0 Å². The van der Waals surface area contributed by atoms with Crippen LogP contribution in [0.15, 0.2) is 24.3 Å². The smallest absolute Gasteiger partial charge is 0.119 e. The van der Waals surface area contributed by atoms with Crippen LogP contribution in [0.2, 0.25) is 0 Å². The fraction of sp³-hybridized carbons (Fsp3) is 0.667. The van der Waals surface area contributed by atoms with Gasteiger partial charge in [0.05, 0.1) is 26.9 Å². The predicted octanol–water partition coefficient (Wildman–Crippen LogP) is 3.95. The van der Waals surface area contributed by atoms with Gasteiger partial charge in [-0.25, -0.2) is 10.0 Å². The van der Waals surface area contributed by atoms with Crippen LogP contribution >= 0.6 is 10.0 Å². The molecule has 0 N–H and O–H groups in total. The van der Waals surface area contributed by atoms with Gasteiger partial charge < -0.3 is 14.2 Å². The zero-order valence-corrected chi connectivity index (χ0v) is 15.4. The fourth-order valence-electron chi connectivity index (χ4n) is 3.10. The van der Waals surface area contributed by atoms with Crippen LogP contribution in [0.1, 0.15) is 20.8 Å². The highest BCUT2D eigenvalue weighted by molar-refractivity contribution is 8.33.